The van der Waals surface area contributed by atoms with Crippen molar-refractivity contribution in [3.63, 3.8) is 0 Å². The fourth-order valence-electron chi connectivity index (χ4n) is 2.33. The molecule has 1 heterocycles. The maximum Gasteiger partial charge on any atom is 0.367 e. The Morgan fingerprint density at radius 1 is 1.04 bits per heavy atom. The van der Waals surface area contributed by atoms with Crippen LogP contribution in [-0.4, -0.2) is 24.7 Å². The number of benzene rings is 2. The van der Waals surface area contributed by atoms with E-state index in [0.29, 0.717) is 11.6 Å². The molecule has 1 aromatic heterocycles. The lowest BCUT2D eigenvalue weighted by Crippen LogP contribution is -2.03. The molecule has 24 heavy (non-hydrogen) atoms. The topological polar surface area (TPSA) is 48.4 Å². The van der Waals surface area contributed by atoms with E-state index in [1.165, 1.54) is 11.3 Å². The van der Waals surface area contributed by atoms with Crippen molar-refractivity contribution in [2.24, 2.45) is 0 Å². The summed E-state index contributed by atoms with van der Waals surface area (Å²) >= 11 is 1.35. The number of hydrogen-bond donors (Lipinski definition) is 0. The molecule has 0 saturated heterocycles. The maximum atomic E-state index is 12.1. The van der Waals surface area contributed by atoms with Crippen LogP contribution >= 0.6 is 11.3 Å². The molecule has 0 aliphatic carbocycles. The van der Waals surface area contributed by atoms with Crippen LogP contribution in [-0.2, 0) is 4.74 Å². The van der Waals surface area contributed by atoms with E-state index in [1.807, 2.05) is 54.6 Å². The molecule has 122 valence electrons. The van der Waals surface area contributed by atoms with Crippen LogP contribution in [0.5, 0.6) is 5.75 Å². The van der Waals surface area contributed by atoms with Crippen LogP contribution in [0.15, 0.2) is 54.6 Å². The molecule has 0 radical (unpaired) electrons. The Balaban J connectivity index is 2.09. The number of carbonyl (C=O) groups is 1. The summed E-state index contributed by atoms with van der Waals surface area (Å²) in [6.45, 7) is 2.12. The number of hydrogen-bond acceptors (Lipinski definition) is 5. The van der Waals surface area contributed by atoms with Crippen molar-refractivity contribution in [1.29, 1.82) is 0 Å². The first-order valence-corrected chi connectivity index (χ1v) is 8.42. The Morgan fingerprint density at radius 3 is 2.38 bits per heavy atom. The van der Waals surface area contributed by atoms with Crippen molar-refractivity contribution in [3.05, 3.63) is 59.6 Å². The van der Waals surface area contributed by atoms with E-state index in [1.54, 1.807) is 14.0 Å². The Hall–Kier alpha value is -2.66. The highest BCUT2D eigenvalue weighted by Crippen LogP contribution is 2.37. The Labute approximate surface area is 144 Å². The minimum Gasteiger partial charge on any atom is -0.497 e. The van der Waals surface area contributed by atoms with Crippen LogP contribution in [0.3, 0.4) is 0 Å². The average molecular weight is 339 g/mol. The highest BCUT2D eigenvalue weighted by atomic mass is 32.1. The van der Waals surface area contributed by atoms with Gasteiger partial charge in [-0.05, 0) is 36.8 Å². The van der Waals surface area contributed by atoms with Gasteiger partial charge in [0.1, 0.15) is 5.75 Å². The van der Waals surface area contributed by atoms with E-state index in [0.717, 1.165) is 27.4 Å². The maximum absolute atomic E-state index is 12.1. The number of aromatic nitrogens is 1. The first kappa shape index (κ1) is 16.2. The molecule has 3 rings (SSSR count). The molecule has 0 N–H and O–H groups in total. The molecule has 2 aromatic carbocycles. The van der Waals surface area contributed by atoms with Crippen molar-refractivity contribution >= 4 is 17.3 Å². The van der Waals surface area contributed by atoms with Crippen LogP contribution in [0.4, 0.5) is 0 Å². The number of esters is 1. The Kier molecular flexibility index (Phi) is 4.91. The Bertz CT molecular complexity index is 826. The molecular weight excluding hydrogens is 322 g/mol. The number of nitrogens with zero attached hydrogens (tertiary/aromatic N) is 1. The minimum atomic E-state index is -0.389. The number of carbonyl (C=O) groups excluding carboxylic acids is 1. The molecule has 0 aliphatic rings. The molecule has 0 fully saturated rings. The lowest BCUT2D eigenvalue weighted by atomic mass is 10.1. The van der Waals surface area contributed by atoms with Crippen molar-refractivity contribution in [3.8, 4) is 27.4 Å². The van der Waals surface area contributed by atoms with E-state index in [-0.39, 0.29) is 5.97 Å². The smallest absolute Gasteiger partial charge is 0.367 e. The van der Waals surface area contributed by atoms with Crippen molar-refractivity contribution in [1.82, 2.24) is 4.98 Å². The third kappa shape index (κ3) is 3.31. The van der Waals surface area contributed by atoms with Gasteiger partial charge in [-0.3, -0.25) is 0 Å². The monoisotopic (exact) mass is 339 g/mol. The second-order valence-corrected chi connectivity index (χ2v) is 6.01. The molecule has 0 spiro atoms. The molecule has 0 aliphatic heterocycles. The van der Waals surface area contributed by atoms with Gasteiger partial charge in [0, 0.05) is 5.56 Å². The summed E-state index contributed by atoms with van der Waals surface area (Å²) in [6.07, 6.45) is 0. The van der Waals surface area contributed by atoms with Crippen LogP contribution in [0, 0.1) is 0 Å². The van der Waals surface area contributed by atoms with Gasteiger partial charge in [0.05, 0.1) is 24.3 Å². The fraction of sp³-hybridized carbons (Fsp3) is 0.158. The molecule has 3 aromatic rings. The second kappa shape index (κ2) is 7.27. The fourth-order valence-corrected chi connectivity index (χ4v) is 3.32. The first-order valence-electron chi connectivity index (χ1n) is 7.60. The highest BCUT2D eigenvalue weighted by molar-refractivity contribution is 7.17. The largest absolute Gasteiger partial charge is 0.497 e. The van der Waals surface area contributed by atoms with Crippen LogP contribution in [0.1, 0.15) is 16.7 Å². The predicted molar refractivity (Wildman–Crippen MR) is 95.5 cm³/mol. The van der Waals surface area contributed by atoms with Gasteiger partial charge in [0.15, 0.2) is 0 Å². The second-order valence-electron chi connectivity index (χ2n) is 5.01. The lowest BCUT2D eigenvalue weighted by Gasteiger charge is -2.04. The van der Waals surface area contributed by atoms with E-state index >= 15 is 0 Å². The summed E-state index contributed by atoms with van der Waals surface area (Å²) in [7, 11) is 1.63. The van der Waals surface area contributed by atoms with Crippen molar-refractivity contribution in [2.45, 2.75) is 6.92 Å². The van der Waals surface area contributed by atoms with Gasteiger partial charge in [-0.2, -0.15) is 0 Å². The van der Waals surface area contributed by atoms with Crippen molar-refractivity contribution in [2.75, 3.05) is 13.7 Å². The van der Waals surface area contributed by atoms with E-state index < -0.39 is 0 Å². The van der Waals surface area contributed by atoms with Crippen LogP contribution in [0.25, 0.3) is 21.7 Å². The van der Waals surface area contributed by atoms with E-state index in [4.69, 9.17) is 9.47 Å². The van der Waals surface area contributed by atoms with Gasteiger partial charge < -0.3 is 9.47 Å². The van der Waals surface area contributed by atoms with Gasteiger partial charge in [0.25, 0.3) is 0 Å². The van der Waals surface area contributed by atoms with Crippen LogP contribution in [0.2, 0.25) is 0 Å². The average Bonchev–Trinajstić information content (AvgIpc) is 3.08. The summed E-state index contributed by atoms with van der Waals surface area (Å²) in [4.78, 5) is 17.6. The summed E-state index contributed by atoms with van der Waals surface area (Å²) in [5, 5.41) is 0.363. The van der Waals surface area contributed by atoms with Crippen LogP contribution < -0.4 is 4.74 Å². The third-order valence-corrected chi connectivity index (χ3v) is 4.56. The quantitative estimate of drug-likeness (QED) is 0.634. The summed E-state index contributed by atoms with van der Waals surface area (Å²) < 4.78 is 10.3. The molecule has 0 amide bonds. The van der Waals surface area contributed by atoms with Crippen molar-refractivity contribution < 1.29 is 14.3 Å². The SMILES string of the molecule is CCOC(=O)c1nc(-c2ccc(OC)cc2)c(-c2ccccc2)s1. The first-order chi connectivity index (χ1) is 11.7. The van der Waals surface area contributed by atoms with Gasteiger partial charge in [0.2, 0.25) is 5.01 Å². The molecular formula is C19H17NO3S. The zero-order valence-corrected chi connectivity index (χ0v) is 14.3. The number of methoxy groups -OCH3 is 1. The molecule has 4 nitrogen and oxygen atoms in total. The minimum absolute atomic E-state index is 0.330. The zero-order chi connectivity index (χ0) is 16.9. The summed E-state index contributed by atoms with van der Waals surface area (Å²) in [5.74, 6) is 0.389. The van der Waals surface area contributed by atoms with E-state index in [2.05, 4.69) is 4.98 Å². The molecule has 0 atom stereocenters. The van der Waals surface area contributed by atoms with E-state index in [9.17, 15) is 4.79 Å². The molecule has 0 unspecified atom stereocenters. The van der Waals surface area contributed by atoms with Gasteiger partial charge in [-0.25, -0.2) is 9.78 Å². The van der Waals surface area contributed by atoms with Gasteiger partial charge in [-0.15, -0.1) is 11.3 Å². The zero-order valence-electron chi connectivity index (χ0n) is 13.5. The molecule has 5 heteroatoms. The molecule has 0 bridgehead atoms. The summed E-state index contributed by atoms with van der Waals surface area (Å²) in [5.41, 5.74) is 2.73. The predicted octanol–water partition coefficient (Wildman–Crippen LogP) is 4.66. The third-order valence-electron chi connectivity index (χ3n) is 3.48. The Morgan fingerprint density at radius 2 is 1.75 bits per heavy atom. The number of thiazole rings is 1. The lowest BCUT2D eigenvalue weighted by molar-refractivity contribution is 0.0526. The molecule has 0 saturated carbocycles. The van der Waals surface area contributed by atoms with Gasteiger partial charge in [-0.1, -0.05) is 30.3 Å². The standard InChI is InChI=1S/C19H17NO3S/c1-3-23-19(21)18-20-16(13-9-11-15(22-2)12-10-13)17(24-18)14-7-5-4-6-8-14/h4-12H,3H2,1-2H3. The van der Waals surface area contributed by atoms with Gasteiger partial charge >= 0.3 is 5.97 Å². The summed E-state index contributed by atoms with van der Waals surface area (Å²) in [6, 6.07) is 17.6. The highest BCUT2D eigenvalue weighted by Gasteiger charge is 2.19. The number of rotatable bonds is 5. The normalized spacial score (nSPS) is 10.4. The number of ether oxygens (including phenoxy) is 2.